The van der Waals surface area contributed by atoms with E-state index in [2.05, 4.69) is 17.1 Å². The van der Waals surface area contributed by atoms with Crippen molar-refractivity contribution >= 4 is 0 Å². The van der Waals surface area contributed by atoms with Crippen LogP contribution in [0.4, 0.5) is 8.78 Å². The van der Waals surface area contributed by atoms with Crippen LogP contribution < -0.4 is 5.32 Å². The monoisotopic (exact) mass is 254 g/mol. The van der Waals surface area contributed by atoms with Crippen LogP contribution in [0.25, 0.3) is 0 Å². The fourth-order valence-electron chi connectivity index (χ4n) is 2.57. The first-order valence-electron chi connectivity index (χ1n) is 6.58. The van der Waals surface area contributed by atoms with E-state index < -0.39 is 11.6 Å². The van der Waals surface area contributed by atoms with Crippen molar-refractivity contribution in [2.24, 2.45) is 0 Å². The summed E-state index contributed by atoms with van der Waals surface area (Å²) >= 11 is 0. The largest absolute Gasteiger partial charge is 0.314 e. The van der Waals surface area contributed by atoms with E-state index in [0.29, 0.717) is 12.6 Å². The smallest absolute Gasteiger partial charge is 0.126 e. The lowest BCUT2D eigenvalue weighted by Gasteiger charge is -2.36. The van der Waals surface area contributed by atoms with E-state index in [9.17, 15) is 8.78 Å². The van der Waals surface area contributed by atoms with E-state index in [1.807, 2.05) is 0 Å². The Morgan fingerprint density at radius 3 is 2.67 bits per heavy atom. The summed E-state index contributed by atoms with van der Waals surface area (Å²) in [5.41, 5.74) is 0.718. The van der Waals surface area contributed by atoms with E-state index in [1.165, 1.54) is 12.1 Å². The van der Waals surface area contributed by atoms with Crippen LogP contribution in [-0.2, 0) is 6.54 Å². The van der Waals surface area contributed by atoms with Crippen LogP contribution in [0.3, 0.4) is 0 Å². The first-order valence-corrected chi connectivity index (χ1v) is 6.58. The zero-order valence-corrected chi connectivity index (χ0v) is 10.8. The minimum absolute atomic E-state index is 0.468. The van der Waals surface area contributed by atoms with Crippen molar-refractivity contribution in [3.63, 3.8) is 0 Å². The Hall–Kier alpha value is -1.00. The van der Waals surface area contributed by atoms with Gasteiger partial charge in [-0.15, -0.1) is 0 Å². The molecule has 4 heteroatoms. The lowest BCUT2D eigenvalue weighted by molar-refractivity contribution is 0.144. The molecule has 1 aromatic rings. The van der Waals surface area contributed by atoms with E-state index >= 15 is 0 Å². The maximum atomic E-state index is 13.2. The van der Waals surface area contributed by atoms with Crippen LogP contribution in [0.1, 0.15) is 25.3 Å². The Kier molecular flexibility index (Phi) is 4.66. The second-order valence-corrected chi connectivity index (χ2v) is 4.89. The number of piperazine rings is 1. The van der Waals surface area contributed by atoms with E-state index in [4.69, 9.17) is 0 Å². The number of nitrogens with one attached hydrogen (secondary N) is 1. The maximum absolute atomic E-state index is 13.2. The van der Waals surface area contributed by atoms with Gasteiger partial charge in [-0.2, -0.15) is 0 Å². The third-order valence-electron chi connectivity index (χ3n) is 3.40. The highest BCUT2D eigenvalue weighted by molar-refractivity contribution is 5.18. The van der Waals surface area contributed by atoms with Gasteiger partial charge in [-0.1, -0.05) is 13.3 Å². The molecule has 1 N–H and O–H groups in total. The molecule has 1 aliphatic heterocycles. The Labute approximate surface area is 107 Å². The predicted molar refractivity (Wildman–Crippen MR) is 68.3 cm³/mol. The van der Waals surface area contributed by atoms with Crippen LogP contribution in [0, 0.1) is 11.6 Å². The Balaban J connectivity index is 2.05. The van der Waals surface area contributed by atoms with Gasteiger partial charge in [-0.05, 0) is 24.1 Å². The fourth-order valence-corrected chi connectivity index (χ4v) is 2.57. The highest BCUT2D eigenvalue weighted by Gasteiger charge is 2.21. The summed E-state index contributed by atoms with van der Waals surface area (Å²) in [6.45, 7) is 5.63. The molecule has 0 amide bonds. The quantitative estimate of drug-likeness (QED) is 0.888. The van der Waals surface area contributed by atoms with Crippen molar-refractivity contribution in [3.05, 3.63) is 35.4 Å². The fraction of sp³-hybridized carbons (Fsp3) is 0.571. The summed E-state index contributed by atoms with van der Waals surface area (Å²) in [7, 11) is 0. The van der Waals surface area contributed by atoms with Crippen LogP contribution in [0.15, 0.2) is 18.2 Å². The molecule has 0 bridgehead atoms. The summed E-state index contributed by atoms with van der Waals surface area (Å²) in [6, 6.07) is 4.24. The number of nitrogens with zero attached hydrogens (tertiary/aromatic N) is 1. The number of rotatable bonds is 4. The molecule has 100 valence electrons. The van der Waals surface area contributed by atoms with Gasteiger partial charge in [0.05, 0.1) is 0 Å². The molecular formula is C14H20F2N2. The summed E-state index contributed by atoms with van der Waals surface area (Å²) < 4.78 is 26.3. The second-order valence-electron chi connectivity index (χ2n) is 4.89. The van der Waals surface area contributed by atoms with Crippen LogP contribution in [0.2, 0.25) is 0 Å². The number of hydrogen-bond acceptors (Lipinski definition) is 2. The molecule has 0 radical (unpaired) electrons. The van der Waals surface area contributed by atoms with E-state index in [1.54, 1.807) is 0 Å². The SMILES string of the molecule is CCCC1CNCCN1Cc1cc(F)cc(F)c1. The molecule has 1 atom stereocenters. The standard InChI is InChI=1S/C14H20F2N2/c1-2-3-14-9-17-4-5-18(14)10-11-6-12(15)8-13(16)7-11/h6-8,14,17H,2-5,9-10H2,1H3. The molecule has 1 saturated heterocycles. The van der Waals surface area contributed by atoms with Gasteiger partial charge >= 0.3 is 0 Å². The van der Waals surface area contributed by atoms with Gasteiger partial charge in [0.2, 0.25) is 0 Å². The predicted octanol–water partition coefficient (Wildman–Crippen LogP) is 2.54. The van der Waals surface area contributed by atoms with Crippen molar-refractivity contribution < 1.29 is 8.78 Å². The average Bonchev–Trinajstić information content (AvgIpc) is 2.30. The lowest BCUT2D eigenvalue weighted by atomic mass is 10.1. The second kappa shape index (κ2) is 6.25. The molecule has 1 heterocycles. The molecule has 1 unspecified atom stereocenters. The zero-order valence-electron chi connectivity index (χ0n) is 10.8. The average molecular weight is 254 g/mol. The third kappa shape index (κ3) is 3.50. The molecule has 0 aliphatic carbocycles. The molecule has 0 saturated carbocycles. The molecule has 0 spiro atoms. The van der Waals surface area contributed by atoms with Gasteiger partial charge < -0.3 is 5.32 Å². The van der Waals surface area contributed by atoms with Gasteiger partial charge in [0.15, 0.2) is 0 Å². The van der Waals surface area contributed by atoms with Crippen molar-refractivity contribution in [1.82, 2.24) is 10.2 Å². The highest BCUT2D eigenvalue weighted by atomic mass is 19.1. The Bertz CT molecular complexity index is 373. The van der Waals surface area contributed by atoms with Crippen molar-refractivity contribution in [2.45, 2.75) is 32.4 Å². The van der Waals surface area contributed by atoms with Crippen LogP contribution >= 0.6 is 0 Å². The summed E-state index contributed by atoms with van der Waals surface area (Å²) in [4.78, 5) is 2.31. The Morgan fingerprint density at radius 1 is 1.28 bits per heavy atom. The molecule has 2 rings (SSSR count). The molecule has 1 aliphatic rings. The summed E-state index contributed by atoms with van der Waals surface area (Å²) in [6.07, 6.45) is 2.24. The minimum Gasteiger partial charge on any atom is -0.314 e. The zero-order chi connectivity index (χ0) is 13.0. The van der Waals surface area contributed by atoms with Gasteiger partial charge in [-0.25, -0.2) is 8.78 Å². The van der Waals surface area contributed by atoms with Crippen molar-refractivity contribution in [2.75, 3.05) is 19.6 Å². The maximum Gasteiger partial charge on any atom is 0.126 e. The summed E-state index contributed by atoms with van der Waals surface area (Å²) in [5, 5.41) is 3.37. The number of halogens is 2. The molecule has 0 aromatic heterocycles. The van der Waals surface area contributed by atoms with Gasteiger partial charge in [0.25, 0.3) is 0 Å². The van der Waals surface area contributed by atoms with Gasteiger partial charge in [0.1, 0.15) is 11.6 Å². The first kappa shape index (κ1) is 13.4. The Morgan fingerprint density at radius 2 is 2.00 bits per heavy atom. The topological polar surface area (TPSA) is 15.3 Å². The normalized spacial score (nSPS) is 21.2. The molecular weight excluding hydrogens is 234 g/mol. The first-order chi connectivity index (χ1) is 8.69. The molecule has 18 heavy (non-hydrogen) atoms. The summed E-state index contributed by atoms with van der Waals surface area (Å²) in [5.74, 6) is -0.987. The van der Waals surface area contributed by atoms with Crippen molar-refractivity contribution in [3.8, 4) is 0 Å². The van der Waals surface area contributed by atoms with Gasteiger partial charge in [0, 0.05) is 38.3 Å². The number of hydrogen-bond donors (Lipinski definition) is 1. The van der Waals surface area contributed by atoms with Crippen LogP contribution in [0.5, 0.6) is 0 Å². The highest BCUT2D eigenvalue weighted by Crippen LogP contribution is 2.16. The molecule has 1 fully saturated rings. The van der Waals surface area contributed by atoms with E-state index in [-0.39, 0.29) is 0 Å². The van der Waals surface area contributed by atoms with Crippen molar-refractivity contribution in [1.29, 1.82) is 0 Å². The van der Waals surface area contributed by atoms with Gasteiger partial charge in [-0.3, -0.25) is 4.90 Å². The third-order valence-corrected chi connectivity index (χ3v) is 3.40. The number of benzene rings is 1. The molecule has 2 nitrogen and oxygen atoms in total. The molecule has 1 aromatic carbocycles. The lowest BCUT2D eigenvalue weighted by Crippen LogP contribution is -2.50. The van der Waals surface area contributed by atoms with E-state index in [0.717, 1.165) is 44.1 Å². The minimum atomic E-state index is -0.493. The van der Waals surface area contributed by atoms with Crippen LogP contribution in [-0.4, -0.2) is 30.6 Å².